The maximum absolute atomic E-state index is 12.1. The van der Waals surface area contributed by atoms with Gasteiger partial charge in [0.05, 0.1) is 11.4 Å². The molecule has 0 radical (unpaired) electrons. The molecule has 1 N–H and O–H groups in total. The molecule has 0 fully saturated rings. The molecule has 2 aromatic rings. The van der Waals surface area contributed by atoms with E-state index in [-0.39, 0.29) is 5.91 Å². The van der Waals surface area contributed by atoms with Gasteiger partial charge in [-0.25, -0.2) is 4.99 Å². The summed E-state index contributed by atoms with van der Waals surface area (Å²) in [4.78, 5) is 16.6. The van der Waals surface area contributed by atoms with Crippen LogP contribution in [0.3, 0.4) is 0 Å². The third kappa shape index (κ3) is 2.21. The van der Waals surface area contributed by atoms with Crippen LogP contribution in [0, 0.1) is 0 Å². The van der Waals surface area contributed by atoms with E-state index in [2.05, 4.69) is 17.2 Å². The lowest BCUT2D eigenvalue weighted by atomic mass is 10.1. The summed E-state index contributed by atoms with van der Waals surface area (Å²) in [5.74, 6) is -0.187. The first-order chi connectivity index (χ1) is 9.69. The van der Waals surface area contributed by atoms with Crippen molar-refractivity contribution in [3.8, 4) is 0 Å². The number of benzene rings is 2. The molecule has 0 saturated carbocycles. The van der Waals surface area contributed by atoms with E-state index >= 15 is 0 Å². The molecule has 0 atom stereocenters. The van der Waals surface area contributed by atoms with Gasteiger partial charge in [0.1, 0.15) is 5.71 Å². The lowest BCUT2D eigenvalue weighted by molar-refractivity contribution is -0.110. The molecule has 0 aliphatic carbocycles. The maximum Gasteiger partial charge on any atom is 0.275 e. The number of amides is 1. The quantitative estimate of drug-likeness (QED) is 0.890. The largest absolute Gasteiger partial charge is 0.320 e. The van der Waals surface area contributed by atoms with E-state index in [1.165, 1.54) is 0 Å². The molecule has 0 bridgehead atoms. The second-order valence-corrected chi connectivity index (χ2v) is 5.02. The zero-order valence-corrected chi connectivity index (χ0v) is 11.7. The Morgan fingerprint density at radius 1 is 1.20 bits per heavy atom. The number of hydrogen-bond acceptors (Lipinski definition) is 2. The fourth-order valence-corrected chi connectivity index (χ4v) is 2.45. The number of carbonyl (C=O) groups is 1. The minimum atomic E-state index is -0.187. The van der Waals surface area contributed by atoms with E-state index in [0.717, 1.165) is 28.9 Å². The standard InChI is InChI=1S/C16H13ClN2O/c1-2-10-5-3-4-6-13(10)18-15-12-9-11(17)7-8-14(12)19-16(15)20/h3-9H,2H2,1H3,(H,18,19,20). The molecule has 0 spiro atoms. The van der Waals surface area contributed by atoms with Crippen LogP contribution < -0.4 is 5.32 Å². The Morgan fingerprint density at radius 3 is 2.80 bits per heavy atom. The number of halogens is 1. The number of carbonyl (C=O) groups excluding carboxylic acids is 1. The highest BCUT2D eigenvalue weighted by Gasteiger charge is 2.26. The third-order valence-electron chi connectivity index (χ3n) is 3.30. The molecule has 2 aromatic carbocycles. The van der Waals surface area contributed by atoms with Crippen molar-refractivity contribution < 1.29 is 4.79 Å². The van der Waals surface area contributed by atoms with Crippen molar-refractivity contribution in [2.45, 2.75) is 13.3 Å². The lowest BCUT2D eigenvalue weighted by Crippen LogP contribution is -2.14. The second-order valence-electron chi connectivity index (χ2n) is 4.59. The number of anilines is 1. The average molecular weight is 285 g/mol. The van der Waals surface area contributed by atoms with Crippen LogP contribution in [0.5, 0.6) is 0 Å². The number of aliphatic imine (C=N–C) groups is 1. The van der Waals surface area contributed by atoms with Crippen LogP contribution >= 0.6 is 11.6 Å². The summed E-state index contributed by atoms with van der Waals surface area (Å²) in [5, 5.41) is 3.40. The van der Waals surface area contributed by atoms with Crippen molar-refractivity contribution in [3.05, 3.63) is 58.6 Å². The van der Waals surface area contributed by atoms with Crippen molar-refractivity contribution in [1.29, 1.82) is 0 Å². The van der Waals surface area contributed by atoms with Gasteiger partial charge in [-0.05, 0) is 36.2 Å². The minimum absolute atomic E-state index is 0.187. The van der Waals surface area contributed by atoms with E-state index in [1.807, 2.05) is 24.3 Å². The van der Waals surface area contributed by atoms with Gasteiger partial charge < -0.3 is 5.32 Å². The summed E-state index contributed by atoms with van der Waals surface area (Å²) in [5.41, 5.74) is 3.88. The molecule has 1 amide bonds. The first-order valence-electron chi connectivity index (χ1n) is 6.47. The van der Waals surface area contributed by atoms with Crippen LogP contribution in [0.1, 0.15) is 18.1 Å². The molecular formula is C16H13ClN2O. The van der Waals surface area contributed by atoms with Gasteiger partial charge in [0.25, 0.3) is 5.91 Å². The zero-order valence-electron chi connectivity index (χ0n) is 11.0. The van der Waals surface area contributed by atoms with E-state index < -0.39 is 0 Å². The normalized spacial score (nSPS) is 15.3. The first kappa shape index (κ1) is 12.9. The fourth-order valence-electron chi connectivity index (χ4n) is 2.28. The van der Waals surface area contributed by atoms with Crippen molar-refractivity contribution in [1.82, 2.24) is 0 Å². The molecule has 1 aliphatic heterocycles. The number of hydrogen-bond donors (Lipinski definition) is 1. The van der Waals surface area contributed by atoms with Gasteiger partial charge in [-0.1, -0.05) is 36.7 Å². The Balaban J connectivity index is 2.13. The number of nitrogens with zero attached hydrogens (tertiary/aromatic N) is 1. The van der Waals surface area contributed by atoms with Gasteiger partial charge in [0.2, 0.25) is 0 Å². The number of para-hydroxylation sites is 1. The molecule has 0 aromatic heterocycles. The van der Waals surface area contributed by atoms with Crippen LogP contribution in [-0.4, -0.2) is 11.6 Å². The van der Waals surface area contributed by atoms with Crippen molar-refractivity contribution in [2.75, 3.05) is 5.32 Å². The van der Waals surface area contributed by atoms with Crippen LogP contribution in [0.15, 0.2) is 47.5 Å². The van der Waals surface area contributed by atoms with Gasteiger partial charge in [-0.3, -0.25) is 4.79 Å². The summed E-state index contributed by atoms with van der Waals surface area (Å²) >= 11 is 6.00. The Hall–Kier alpha value is -2.13. The highest BCUT2D eigenvalue weighted by molar-refractivity contribution is 6.54. The summed E-state index contributed by atoms with van der Waals surface area (Å²) in [6.45, 7) is 2.07. The third-order valence-corrected chi connectivity index (χ3v) is 3.54. The van der Waals surface area contributed by atoms with E-state index in [4.69, 9.17) is 11.6 Å². The van der Waals surface area contributed by atoms with Gasteiger partial charge in [-0.2, -0.15) is 0 Å². The van der Waals surface area contributed by atoms with Crippen molar-refractivity contribution in [2.24, 2.45) is 4.99 Å². The van der Waals surface area contributed by atoms with Crippen molar-refractivity contribution >= 4 is 34.6 Å². The van der Waals surface area contributed by atoms with Crippen LogP contribution in [0.2, 0.25) is 5.02 Å². The molecule has 20 heavy (non-hydrogen) atoms. The number of rotatable bonds is 2. The smallest absolute Gasteiger partial charge is 0.275 e. The summed E-state index contributed by atoms with van der Waals surface area (Å²) in [7, 11) is 0. The average Bonchev–Trinajstić information content (AvgIpc) is 2.76. The number of fused-ring (bicyclic) bond motifs is 1. The summed E-state index contributed by atoms with van der Waals surface area (Å²) in [6, 6.07) is 13.1. The second kappa shape index (κ2) is 5.10. The molecule has 1 heterocycles. The molecule has 1 aliphatic rings. The highest BCUT2D eigenvalue weighted by Crippen LogP contribution is 2.29. The van der Waals surface area contributed by atoms with Gasteiger partial charge in [0.15, 0.2) is 0 Å². The maximum atomic E-state index is 12.1. The van der Waals surface area contributed by atoms with Gasteiger partial charge >= 0.3 is 0 Å². The van der Waals surface area contributed by atoms with E-state index in [0.29, 0.717) is 10.7 Å². The monoisotopic (exact) mass is 284 g/mol. The predicted molar refractivity (Wildman–Crippen MR) is 82.1 cm³/mol. The van der Waals surface area contributed by atoms with E-state index in [9.17, 15) is 4.79 Å². The SMILES string of the molecule is CCc1ccccc1N=C1C(=O)Nc2ccc(Cl)cc21. The fraction of sp³-hybridized carbons (Fsp3) is 0.125. The van der Waals surface area contributed by atoms with Crippen LogP contribution in [-0.2, 0) is 11.2 Å². The Bertz CT molecular complexity index is 722. The molecule has 3 nitrogen and oxygen atoms in total. The molecule has 0 unspecified atom stereocenters. The summed E-state index contributed by atoms with van der Waals surface area (Å²) in [6.07, 6.45) is 0.872. The molecule has 4 heteroatoms. The number of nitrogens with one attached hydrogen (secondary N) is 1. The van der Waals surface area contributed by atoms with Gasteiger partial charge in [-0.15, -0.1) is 0 Å². The molecule has 3 rings (SSSR count). The predicted octanol–water partition coefficient (Wildman–Crippen LogP) is 3.98. The molecule has 0 saturated heterocycles. The van der Waals surface area contributed by atoms with Crippen LogP contribution in [0.4, 0.5) is 11.4 Å². The van der Waals surface area contributed by atoms with Gasteiger partial charge in [0, 0.05) is 10.6 Å². The minimum Gasteiger partial charge on any atom is -0.320 e. The zero-order chi connectivity index (χ0) is 14.1. The Kier molecular flexibility index (Phi) is 3.28. The Morgan fingerprint density at radius 2 is 2.00 bits per heavy atom. The highest BCUT2D eigenvalue weighted by atomic mass is 35.5. The molecular weight excluding hydrogens is 272 g/mol. The lowest BCUT2D eigenvalue weighted by Gasteiger charge is -2.03. The Labute approximate surface area is 122 Å². The summed E-state index contributed by atoms with van der Waals surface area (Å²) < 4.78 is 0. The number of aryl methyl sites for hydroxylation is 1. The first-order valence-corrected chi connectivity index (χ1v) is 6.84. The van der Waals surface area contributed by atoms with Crippen LogP contribution in [0.25, 0.3) is 0 Å². The molecule has 100 valence electrons. The van der Waals surface area contributed by atoms with E-state index in [1.54, 1.807) is 18.2 Å². The topological polar surface area (TPSA) is 41.5 Å². The van der Waals surface area contributed by atoms with Crippen molar-refractivity contribution in [3.63, 3.8) is 0 Å².